The lowest BCUT2D eigenvalue weighted by molar-refractivity contribution is 0.867. The van der Waals surface area contributed by atoms with Gasteiger partial charge in [0.25, 0.3) is 0 Å². The van der Waals surface area contributed by atoms with Crippen LogP contribution in [0.25, 0.3) is 28.0 Å². The molecule has 0 aliphatic carbocycles. The zero-order valence-corrected chi connectivity index (χ0v) is 18.1. The summed E-state index contributed by atoms with van der Waals surface area (Å²) >= 11 is 1.76. The fourth-order valence-electron chi connectivity index (χ4n) is 3.77. The van der Waals surface area contributed by atoms with Crippen LogP contribution >= 0.6 is 11.3 Å². The Kier molecular flexibility index (Phi) is 5.57. The van der Waals surface area contributed by atoms with Crippen molar-refractivity contribution in [3.63, 3.8) is 0 Å². The topological polar surface area (TPSA) is 12.0 Å². The maximum atomic E-state index is 4.22. The van der Waals surface area contributed by atoms with Gasteiger partial charge in [-0.15, -0.1) is 11.3 Å². The molecule has 2 heteroatoms. The summed E-state index contributed by atoms with van der Waals surface area (Å²) < 4.78 is 0. The molecular weight excluding hydrogens is 346 g/mol. The van der Waals surface area contributed by atoms with Crippen LogP contribution in [0.3, 0.4) is 0 Å². The smallest absolute Gasteiger partial charge is 0.0578 e. The zero-order valence-electron chi connectivity index (χ0n) is 17.2. The van der Waals surface area contributed by atoms with Crippen LogP contribution < -0.4 is 5.32 Å². The molecule has 0 fully saturated rings. The molecule has 2 heterocycles. The van der Waals surface area contributed by atoms with E-state index < -0.39 is 0 Å². The van der Waals surface area contributed by atoms with E-state index >= 15 is 0 Å². The van der Waals surface area contributed by atoms with E-state index in [4.69, 9.17) is 0 Å². The Morgan fingerprint density at radius 1 is 0.926 bits per heavy atom. The minimum Gasteiger partial charge on any atom is -0.354 e. The van der Waals surface area contributed by atoms with E-state index in [0.29, 0.717) is 5.92 Å². The van der Waals surface area contributed by atoms with Crippen LogP contribution in [0.15, 0.2) is 48.4 Å². The van der Waals surface area contributed by atoms with E-state index in [1.807, 2.05) is 13.8 Å². The van der Waals surface area contributed by atoms with Crippen LogP contribution in [-0.2, 0) is 0 Å². The summed E-state index contributed by atoms with van der Waals surface area (Å²) in [6.45, 7) is 17.1. The van der Waals surface area contributed by atoms with Gasteiger partial charge >= 0.3 is 0 Å². The molecule has 0 bridgehead atoms. The third kappa shape index (κ3) is 3.35. The van der Waals surface area contributed by atoms with Crippen LogP contribution in [0.1, 0.15) is 55.2 Å². The fourth-order valence-corrected chi connectivity index (χ4v) is 4.60. The van der Waals surface area contributed by atoms with E-state index in [-0.39, 0.29) is 0 Å². The molecule has 1 aliphatic rings. The maximum absolute atomic E-state index is 4.22. The largest absolute Gasteiger partial charge is 0.354 e. The zero-order chi connectivity index (χ0) is 19.7. The molecule has 0 spiro atoms. The van der Waals surface area contributed by atoms with E-state index in [1.165, 1.54) is 49.5 Å². The Hall–Kier alpha value is -2.32. The van der Waals surface area contributed by atoms with Gasteiger partial charge in [0.2, 0.25) is 0 Å². The van der Waals surface area contributed by atoms with Crippen molar-refractivity contribution in [1.82, 2.24) is 0 Å². The molecule has 0 amide bonds. The molecule has 0 saturated heterocycles. The lowest BCUT2D eigenvalue weighted by atomic mass is 9.85. The molecule has 1 N–H and O–H groups in total. The second-order valence-corrected chi connectivity index (χ2v) is 8.10. The van der Waals surface area contributed by atoms with Crippen molar-refractivity contribution in [3.05, 3.63) is 69.9 Å². The Morgan fingerprint density at radius 2 is 1.59 bits per heavy atom. The third-order valence-electron chi connectivity index (χ3n) is 5.07. The fraction of sp³-hybridized carbons (Fsp3) is 0.280. The van der Waals surface area contributed by atoms with Crippen molar-refractivity contribution in [1.29, 1.82) is 0 Å². The van der Waals surface area contributed by atoms with Crippen molar-refractivity contribution >= 4 is 22.7 Å². The number of rotatable bonds is 2. The van der Waals surface area contributed by atoms with Gasteiger partial charge in [-0.05, 0) is 59.0 Å². The van der Waals surface area contributed by atoms with Crippen LogP contribution in [-0.4, -0.2) is 0 Å². The molecule has 2 aromatic carbocycles. The second kappa shape index (κ2) is 7.74. The van der Waals surface area contributed by atoms with E-state index in [1.54, 1.807) is 11.3 Å². The van der Waals surface area contributed by atoms with E-state index in [9.17, 15) is 0 Å². The molecule has 3 aromatic rings. The molecule has 0 unspecified atom stereocenters. The molecule has 0 atom stereocenters. The van der Waals surface area contributed by atoms with Gasteiger partial charge in [0.1, 0.15) is 0 Å². The van der Waals surface area contributed by atoms with Crippen molar-refractivity contribution in [2.24, 2.45) is 0 Å². The molecular formula is C25H29NS. The first kappa shape index (κ1) is 19.4. The standard InChI is InChI=1S/C23H23NS.C2H6/c1-13(2)17-6-8-18(9-7-17)20-14(3)12-15(4)22-21(20)19-10-11-25-23(19)16(5)24-22;1-2/h6-13,24H,5H2,1-4H3;1-2H3. The highest BCUT2D eigenvalue weighted by molar-refractivity contribution is 7.11. The van der Waals surface area contributed by atoms with Gasteiger partial charge in [-0.1, -0.05) is 64.6 Å². The summed E-state index contributed by atoms with van der Waals surface area (Å²) in [6.07, 6.45) is 0. The third-order valence-corrected chi connectivity index (χ3v) is 6.05. The van der Waals surface area contributed by atoms with Gasteiger partial charge in [-0.2, -0.15) is 0 Å². The summed E-state index contributed by atoms with van der Waals surface area (Å²) in [7, 11) is 0. The highest BCUT2D eigenvalue weighted by Gasteiger charge is 2.25. The highest BCUT2D eigenvalue weighted by atomic mass is 32.1. The Morgan fingerprint density at radius 3 is 2.22 bits per heavy atom. The Bertz CT molecular complexity index is 974. The number of anilines is 1. The number of nitrogens with one attached hydrogen (secondary N) is 1. The predicted molar refractivity (Wildman–Crippen MR) is 123 cm³/mol. The molecule has 140 valence electrons. The quantitative estimate of drug-likeness (QED) is 0.475. The lowest BCUT2D eigenvalue weighted by Crippen LogP contribution is -2.08. The number of aryl methyl sites for hydroxylation is 2. The first-order chi connectivity index (χ1) is 13.0. The number of hydrogen-bond acceptors (Lipinski definition) is 2. The van der Waals surface area contributed by atoms with Crippen molar-refractivity contribution < 1.29 is 0 Å². The SMILES string of the molecule is C=C1Nc2c(C)cc(C)c(-c3ccc(C(C)C)cc3)c2-c2ccsc21.CC. The number of benzene rings is 2. The summed E-state index contributed by atoms with van der Waals surface area (Å²) in [5.41, 5.74) is 11.4. The van der Waals surface area contributed by atoms with Crippen molar-refractivity contribution in [2.45, 2.75) is 47.5 Å². The number of hydrogen-bond donors (Lipinski definition) is 1. The van der Waals surface area contributed by atoms with Gasteiger partial charge in [0, 0.05) is 16.8 Å². The minimum atomic E-state index is 0.551. The van der Waals surface area contributed by atoms with Crippen LogP contribution in [0.2, 0.25) is 0 Å². The number of thiophene rings is 1. The van der Waals surface area contributed by atoms with E-state index in [2.05, 4.69) is 81.4 Å². The highest BCUT2D eigenvalue weighted by Crippen LogP contribution is 2.49. The van der Waals surface area contributed by atoms with Crippen LogP contribution in [0.5, 0.6) is 0 Å². The summed E-state index contributed by atoms with van der Waals surface area (Å²) in [5, 5.41) is 5.72. The summed E-state index contributed by atoms with van der Waals surface area (Å²) in [4.78, 5) is 1.25. The van der Waals surface area contributed by atoms with Crippen molar-refractivity contribution in [3.8, 4) is 22.3 Å². The maximum Gasteiger partial charge on any atom is 0.0578 e. The molecule has 1 aliphatic heterocycles. The predicted octanol–water partition coefficient (Wildman–Crippen LogP) is 8.24. The average Bonchev–Trinajstić information content (AvgIpc) is 3.15. The van der Waals surface area contributed by atoms with Gasteiger partial charge < -0.3 is 5.32 Å². The van der Waals surface area contributed by atoms with Crippen LogP contribution in [0.4, 0.5) is 5.69 Å². The summed E-state index contributed by atoms with van der Waals surface area (Å²) in [6, 6.07) is 13.6. The Balaban J connectivity index is 0.00000102. The molecule has 1 aromatic heterocycles. The normalized spacial score (nSPS) is 12.0. The van der Waals surface area contributed by atoms with Gasteiger partial charge in [0.15, 0.2) is 0 Å². The van der Waals surface area contributed by atoms with Gasteiger partial charge in [0.05, 0.1) is 10.6 Å². The number of fused-ring (bicyclic) bond motifs is 3. The minimum absolute atomic E-state index is 0.551. The second-order valence-electron chi connectivity index (χ2n) is 7.18. The molecule has 0 saturated carbocycles. The lowest BCUT2D eigenvalue weighted by Gasteiger charge is -2.27. The Labute approximate surface area is 167 Å². The monoisotopic (exact) mass is 375 g/mol. The summed E-state index contributed by atoms with van der Waals surface area (Å²) in [5.74, 6) is 0.551. The molecule has 4 rings (SSSR count). The molecule has 0 radical (unpaired) electrons. The van der Waals surface area contributed by atoms with Gasteiger partial charge in [-0.3, -0.25) is 0 Å². The van der Waals surface area contributed by atoms with E-state index in [0.717, 1.165) is 5.70 Å². The van der Waals surface area contributed by atoms with Crippen molar-refractivity contribution in [2.75, 3.05) is 5.32 Å². The van der Waals surface area contributed by atoms with Crippen LogP contribution in [0, 0.1) is 13.8 Å². The van der Waals surface area contributed by atoms with Gasteiger partial charge in [-0.25, -0.2) is 0 Å². The first-order valence-electron chi connectivity index (χ1n) is 9.76. The first-order valence-corrected chi connectivity index (χ1v) is 10.6. The molecule has 1 nitrogen and oxygen atoms in total. The average molecular weight is 376 g/mol. The molecule has 27 heavy (non-hydrogen) atoms.